The van der Waals surface area contributed by atoms with Gasteiger partial charge in [-0.2, -0.15) is 0 Å². The summed E-state index contributed by atoms with van der Waals surface area (Å²) in [5, 5.41) is 8.00. The molecule has 1 aromatic carbocycles. The quantitative estimate of drug-likeness (QED) is 0.788. The van der Waals surface area contributed by atoms with Gasteiger partial charge >= 0.3 is 0 Å². The highest BCUT2D eigenvalue weighted by Gasteiger charge is 2.24. The Kier molecular flexibility index (Phi) is 4.85. The summed E-state index contributed by atoms with van der Waals surface area (Å²) in [5.74, 6) is 0.645. The van der Waals surface area contributed by atoms with Crippen LogP contribution in [0, 0.1) is 6.92 Å². The molecule has 0 spiro atoms. The summed E-state index contributed by atoms with van der Waals surface area (Å²) in [6.45, 7) is 1.54. The van der Waals surface area contributed by atoms with Crippen LogP contribution in [0.25, 0.3) is 6.08 Å². The van der Waals surface area contributed by atoms with Gasteiger partial charge in [0.1, 0.15) is 11.5 Å². The lowest BCUT2D eigenvalue weighted by atomic mass is 10.2. The van der Waals surface area contributed by atoms with E-state index < -0.39 is 5.91 Å². The fraction of sp³-hybridized carbons (Fsp3) is 0.125. The average molecular weight is 359 g/mol. The largest absolute Gasteiger partial charge is 0.484 e. The molecule has 25 heavy (non-hydrogen) atoms. The second kappa shape index (κ2) is 7.22. The van der Waals surface area contributed by atoms with Crippen molar-refractivity contribution in [3.8, 4) is 5.75 Å². The van der Waals surface area contributed by atoms with E-state index in [1.54, 1.807) is 43.3 Å². The molecule has 1 fully saturated rings. The van der Waals surface area contributed by atoms with Gasteiger partial charge in [0.15, 0.2) is 12.4 Å². The van der Waals surface area contributed by atoms with Crippen molar-refractivity contribution in [1.29, 1.82) is 0 Å². The Balaban J connectivity index is 1.54. The Morgan fingerprint density at radius 3 is 2.72 bits per heavy atom. The SMILES string of the molecule is Cc1cc(NC(=O)COc2ccc(/C=C3/SC(=O)NC3=O)cc2)no1. The van der Waals surface area contributed by atoms with Crippen molar-refractivity contribution in [3.05, 3.63) is 46.6 Å². The van der Waals surface area contributed by atoms with Gasteiger partial charge < -0.3 is 14.6 Å². The lowest BCUT2D eigenvalue weighted by Crippen LogP contribution is -2.20. The van der Waals surface area contributed by atoms with Gasteiger partial charge in [0.25, 0.3) is 17.1 Å². The van der Waals surface area contributed by atoms with Crippen molar-refractivity contribution in [2.75, 3.05) is 11.9 Å². The standard InChI is InChI=1S/C16H13N3O5S/c1-9-6-13(19-24-9)17-14(20)8-23-11-4-2-10(3-5-11)7-12-15(21)18-16(22)25-12/h2-7H,8H2,1H3,(H,17,19,20)(H,18,21,22)/b12-7+. The number of hydrogen-bond donors (Lipinski definition) is 2. The average Bonchev–Trinajstić information content (AvgIpc) is 3.11. The maximum atomic E-state index is 11.8. The van der Waals surface area contributed by atoms with Gasteiger partial charge in [-0.25, -0.2) is 0 Å². The highest BCUT2D eigenvalue weighted by Crippen LogP contribution is 2.26. The first-order chi connectivity index (χ1) is 12.0. The minimum atomic E-state index is -0.407. The van der Waals surface area contributed by atoms with Gasteiger partial charge in [-0.1, -0.05) is 17.3 Å². The zero-order chi connectivity index (χ0) is 17.8. The Hall–Kier alpha value is -3.07. The number of nitrogens with zero attached hydrogens (tertiary/aromatic N) is 1. The summed E-state index contributed by atoms with van der Waals surface area (Å²) in [6, 6.07) is 8.37. The van der Waals surface area contributed by atoms with E-state index >= 15 is 0 Å². The number of rotatable bonds is 5. The number of nitrogens with one attached hydrogen (secondary N) is 2. The molecule has 0 unspecified atom stereocenters. The van der Waals surface area contributed by atoms with Crippen LogP contribution in [0.3, 0.4) is 0 Å². The van der Waals surface area contributed by atoms with Crippen LogP contribution in [0.4, 0.5) is 10.6 Å². The zero-order valence-corrected chi connectivity index (χ0v) is 13.9. The van der Waals surface area contributed by atoms with Crippen molar-refractivity contribution >= 4 is 40.7 Å². The molecular weight excluding hydrogens is 346 g/mol. The first-order valence-corrected chi connectivity index (χ1v) is 8.02. The monoisotopic (exact) mass is 359 g/mol. The number of carbonyl (C=O) groups excluding carboxylic acids is 3. The number of benzene rings is 1. The number of aryl methyl sites for hydroxylation is 1. The van der Waals surface area contributed by atoms with Gasteiger partial charge in [0, 0.05) is 6.07 Å². The van der Waals surface area contributed by atoms with E-state index in [0.717, 1.165) is 17.3 Å². The van der Waals surface area contributed by atoms with Gasteiger partial charge in [0.2, 0.25) is 0 Å². The molecule has 2 N–H and O–H groups in total. The van der Waals surface area contributed by atoms with Gasteiger partial charge in [0.05, 0.1) is 4.91 Å². The Bertz CT molecular complexity index is 857. The van der Waals surface area contributed by atoms with Crippen LogP contribution in [-0.2, 0) is 9.59 Å². The second-order valence-corrected chi connectivity index (χ2v) is 6.10. The van der Waals surface area contributed by atoms with Crippen molar-refractivity contribution < 1.29 is 23.6 Å². The Morgan fingerprint density at radius 1 is 1.36 bits per heavy atom. The predicted octanol–water partition coefficient (Wildman–Crippen LogP) is 2.32. The van der Waals surface area contributed by atoms with Crippen molar-refractivity contribution in [2.24, 2.45) is 0 Å². The van der Waals surface area contributed by atoms with E-state index in [1.807, 2.05) is 0 Å². The van der Waals surface area contributed by atoms with Crippen LogP contribution in [0.5, 0.6) is 5.75 Å². The maximum absolute atomic E-state index is 11.8. The van der Waals surface area contributed by atoms with Crippen molar-refractivity contribution in [1.82, 2.24) is 10.5 Å². The minimum absolute atomic E-state index is 0.181. The van der Waals surface area contributed by atoms with Crippen molar-refractivity contribution in [3.63, 3.8) is 0 Å². The zero-order valence-electron chi connectivity index (χ0n) is 13.1. The highest BCUT2D eigenvalue weighted by atomic mass is 32.2. The van der Waals surface area contributed by atoms with Crippen LogP contribution in [-0.4, -0.2) is 28.8 Å². The number of aromatic nitrogens is 1. The molecule has 0 bridgehead atoms. The summed E-state index contributed by atoms with van der Waals surface area (Å²) in [6.07, 6.45) is 1.61. The summed E-state index contributed by atoms with van der Waals surface area (Å²) >= 11 is 0.853. The van der Waals surface area contributed by atoms with E-state index in [4.69, 9.17) is 9.26 Å². The van der Waals surface area contributed by atoms with E-state index in [9.17, 15) is 14.4 Å². The number of imide groups is 1. The van der Waals surface area contributed by atoms with Crippen LogP contribution in [0.15, 0.2) is 39.8 Å². The first kappa shape index (κ1) is 16.8. The molecule has 0 aliphatic carbocycles. The van der Waals surface area contributed by atoms with Crippen LogP contribution < -0.4 is 15.4 Å². The molecule has 2 heterocycles. The lowest BCUT2D eigenvalue weighted by Gasteiger charge is -2.06. The molecule has 1 aliphatic heterocycles. The Morgan fingerprint density at radius 2 is 2.12 bits per heavy atom. The molecule has 2 aromatic rings. The smallest absolute Gasteiger partial charge is 0.290 e. The number of anilines is 1. The normalized spacial score (nSPS) is 15.3. The third kappa shape index (κ3) is 4.48. The lowest BCUT2D eigenvalue weighted by molar-refractivity contribution is -0.118. The number of amides is 3. The van der Waals surface area contributed by atoms with Crippen LogP contribution in [0.1, 0.15) is 11.3 Å². The summed E-state index contributed by atoms with van der Waals surface area (Å²) < 4.78 is 10.2. The fourth-order valence-corrected chi connectivity index (χ4v) is 2.67. The maximum Gasteiger partial charge on any atom is 0.290 e. The molecule has 9 heteroatoms. The summed E-state index contributed by atoms with van der Waals surface area (Å²) in [4.78, 5) is 34.7. The molecule has 1 aromatic heterocycles. The molecule has 8 nitrogen and oxygen atoms in total. The predicted molar refractivity (Wildman–Crippen MR) is 90.9 cm³/mol. The van der Waals surface area contributed by atoms with E-state index in [2.05, 4.69) is 15.8 Å². The highest BCUT2D eigenvalue weighted by molar-refractivity contribution is 8.18. The minimum Gasteiger partial charge on any atom is -0.484 e. The third-order valence-electron chi connectivity index (χ3n) is 3.09. The molecule has 3 amide bonds. The molecule has 1 saturated heterocycles. The number of thioether (sulfide) groups is 1. The van der Waals surface area contributed by atoms with Crippen molar-refractivity contribution in [2.45, 2.75) is 6.92 Å². The molecule has 0 atom stereocenters. The van der Waals surface area contributed by atoms with Crippen LogP contribution >= 0.6 is 11.8 Å². The molecular formula is C16H13N3O5S. The molecule has 128 valence electrons. The fourth-order valence-electron chi connectivity index (χ4n) is 1.99. The Labute approximate surface area is 146 Å². The van der Waals surface area contributed by atoms with E-state index in [-0.39, 0.29) is 17.8 Å². The van der Waals surface area contributed by atoms with E-state index in [0.29, 0.717) is 22.2 Å². The summed E-state index contributed by atoms with van der Waals surface area (Å²) in [5.41, 5.74) is 0.738. The first-order valence-electron chi connectivity index (χ1n) is 7.20. The third-order valence-corrected chi connectivity index (χ3v) is 3.90. The molecule has 1 aliphatic rings. The number of ether oxygens (including phenoxy) is 1. The van der Waals surface area contributed by atoms with Crippen LogP contribution in [0.2, 0.25) is 0 Å². The summed E-state index contributed by atoms with van der Waals surface area (Å²) in [7, 11) is 0. The number of carbonyl (C=O) groups is 3. The topological polar surface area (TPSA) is 111 Å². The number of hydrogen-bond acceptors (Lipinski definition) is 7. The second-order valence-electron chi connectivity index (χ2n) is 5.08. The van der Waals surface area contributed by atoms with Gasteiger partial charge in [-0.3, -0.25) is 19.7 Å². The molecule has 3 rings (SSSR count). The molecule has 0 saturated carbocycles. The van der Waals surface area contributed by atoms with Gasteiger partial charge in [-0.15, -0.1) is 0 Å². The van der Waals surface area contributed by atoms with E-state index in [1.165, 1.54) is 0 Å². The van der Waals surface area contributed by atoms with Gasteiger partial charge in [-0.05, 0) is 42.5 Å². The molecule has 0 radical (unpaired) electrons.